The lowest BCUT2D eigenvalue weighted by atomic mass is 10.1. The van der Waals surface area contributed by atoms with E-state index in [9.17, 15) is 4.79 Å². The molecule has 1 aromatic heterocycles. The Morgan fingerprint density at radius 3 is 2.96 bits per heavy atom. The van der Waals surface area contributed by atoms with Crippen LogP contribution >= 0.6 is 23.5 Å². The molecule has 0 aliphatic carbocycles. The summed E-state index contributed by atoms with van der Waals surface area (Å²) in [6, 6.07) is 8.05. The lowest BCUT2D eigenvalue weighted by molar-refractivity contribution is -0.116. The number of amides is 1. The minimum absolute atomic E-state index is 0.0601. The van der Waals surface area contributed by atoms with E-state index in [1.54, 1.807) is 18.5 Å². The van der Waals surface area contributed by atoms with E-state index >= 15 is 0 Å². The molecule has 1 aliphatic rings. The predicted octanol–water partition coefficient (Wildman–Crippen LogP) is 2.97. The number of carbonyl (C=O) groups excluding carboxylic acids is 1. The summed E-state index contributed by atoms with van der Waals surface area (Å²) in [4.78, 5) is 21.7. The topological polar surface area (TPSA) is 66.9 Å². The molecule has 0 spiro atoms. The molecule has 2 heterocycles. The van der Waals surface area contributed by atoms with E-state index in [2.05, 4.69) is 20.6 Å². The molecule has 2 aromatic rings. The Labute approximate surface area is 150 Å². The summed E-state index contributed by atoms with van der Waals surface area (Å²) >= 11 is 3.41. The van der Waals surface area contributed by atoms with E-state index in [1.807, 2.05) is 36.9 Å². The number of nitrogens with zero attached hydrogens (tertiary/aromatic N) is 2. The molecule has 126 valence electrons. The molecule has 24 heavy (non-hydrogen) atoms. The van der Waals surface area contributed by atoms with Gasteiger partial charge in [0.25, 0.3) is 0 Å². The Morgan fingerprint density at radius 1 is 1.42 bits per heavy atom. The number of anilines is 1. The number of nitrogens with one attached hydrogen (secondary N) is 2. The second-order valence-corrected chi connectivity index (χ2v) is 7.78. The molecule has 0 bridgehead atoms. The molecule has 1 unspecified atom stereocenters. The van der Waals surface area contributed by atoms with Gasteiger partial charge in [0.15, 0.2) is 5.16 Å². The monoisotopic (exact) mass is 360 g/mol. The summed E-state index contributed by atoms with van der Waals surface area (Å²) < 4.78 is 0. The van der Waals surface area contributed by atoms with Crippen LogP contribution in [0.1, 0.15) is 12.0 Å². The molecule has 1 aromatic carbocycles. The van der Waals surface area contributed by atoms with E-state index < -0.39 is 0 Å². The van der Waals surface area contributed by atoms with Crippen molar-refractivity contribution in [3.05, 3.63) is 42.2 Å². The van der Waals surface area contributed by atoms with E-state index in [1.165, 1.54) is 11.8 Å². The first-order chi connectivity index (χ1) is 11.7. The summed E-state index contributed by atoms with van der Waals surface area (Å²) in [7, 11) is 0. The Morgan fingerprint density at radius 2 is 2.25 bits per heavy atom. The average Bonchev–Trinajstić information content (AvgIpc) is 2.59. The predicted molar refractivity (Wildman–Crippen MR) is 99.7 cm³/mol. The lowest BCUT2D eigenvalue weighted by Gasteiger charge is -2.22. The third-order valence-electron chi connectivity index (χ3n) is 3.65. The quantitative estimate of drug-likeness (QED) is 0.799. The van der Waals surface area contributed by atoms with Crippen molar-refractivity contribution in [3.8, 4) is 0 Å². The largest absolute Gasteiger partial charge is 0.326 e. The number of aryl methyl sites for hydroxylation is 1. The molecular weight excluding hydrogens is 340 g/mol. The van der Waals surface area contributed by atoms with Gasteiger partial charge in [0, 0.05) is 53.5 Å². The maximum Gasteiger partial charge on any atom is 0.225 e. The fourth-order valence-electron chi connectivity index (χ4n) is 2.46. The third kappa shape index (κ3) is 4.96. The SMILES string of the molecule is Cc1cc(Sc2ncccn2)ccc1NC(=O)CC1CSCCN1. The first-order valence-electron chi connectivity index (χ1n) is 7.87. The highest BCUT2D eigenvalue weighted by molar-refractivity contribution is 7.99. The number of aromatic nitrogens is 2. The van der Waals surface area contributed by atoms with Gasteiger partial charge in [-0.2, -0.15) is 11.8 Å². The molecule has 1 fully saturated rings. The van der Waals surface area contributed by atoms with Gasteiger partial charge in [0.2, 0.25) is 5.91 Å². The van der Waals surface area contributed by atoms with Crippen molar-refractivity contribution in [2.75, 3.05) is 23.4 Å². The van der Waals surface area contributed by atoms with Gasteiger partial charge >= 0.3 is 0 Å². The van der Waals surface area contributed by atoms with Crippen molar-refractivity contribution in [1.82, 2.24) is 15.3 Å². The van der Waals surface area contributed by atoms with Crippen LogP contribution in [-0.2, 0) is 4.79 Å². The minimum atomic E-state index is 0.0601. The zero-order valence-corrected chi connectivity index (χ0v) is 15.1. The van der Waals surface area contributed by atoms with Crippen LogP contribution in [0.4, 0.5) is 5.69 Å². The lowest BCUT2D eigenvalue weighted by Crippen LogP contribution is -2.39. The second kappa shape index (κ2) is 8.50. The van der Waals surface area contributed by atoms with E-state index in [0.717, 1.165) is 39.4 Å². The number of hydrogen-bond donors (Lipinski definition) is 2. The molecule has 2 N–H and O–H groups in total. The maximum atomic E-state index is 12.2. The van der Waals surface area contributed by atoms with Gasteiger partial charge in [-0.25, -0.2) is 9.97 Å². The van der Waals surface area contributed by atoms with Crippen molar-refractivity contribution in [1.29, 1.82) is 0 Å². The number of thioether (sulfide) groups is 1. The Bertz CT molecular complexity index is 690. The molecule has 1 amide bonds. The molecule has 0 radical (unpaired) electrons. The van der Waals surface area contributed by atoms with Crippen molar-refractivity contribution < 1.29 is 4.79 Å². The number of hydrogen-bond acceptors (Lipinski definition) is 6. The van der Waals surface area contributed by atoms with Crippen molar-refractivity contribution >= 4 is 35.1 Å². The summed E-state index contributed by atoms with van der Waals surface area (Å²) in [6.07, 6.45) is 3.98. The fraction of sp³-hybridized carbons (Fsp3) is 0.353. The van der Waals surface area contributed by atoms with Gasteiger partial charge in [-0.15, -0.1) is 0 Å². The van der Waals surface area contributed by atoms with Gasteiger partial charge in [0.1, 0.15) is 0 Å². The standard InChI is InChI=1S/C17H20N4OS2/c1-12-9-14(24-17-19-5-2-6-20-17)3-4-15(12)21-16(22)10-13-11-23-8-7-18-13/h2-6,9,13,18H,7-8,10-11H2,1H3,(H,21,22). The Balaban J connectivity index is 1.59. The Kier molecular flexibility index (Phi) is 6.12. The molecule has 1 atom stereocenters. The average molecular weight is 361 g/mol. The number of rotatable bonds is 5. The van der Waals surface area contributed by atoms with Crippen LogP contribution in [0.3, 0.4) is 0 Å². The summed E-state index contributed by atoms with van der Waals surface area (Å²) in [5.74, 6) is 2.19. The minimum Gasteiger partial charge on any atom is -0.326 e. The van der Waals surface area contributed by atoms with Gasteiger partial charge in [-0.1, -0.05) is 0 Å². The fourth-order valence-corrected chi connectivity index (χ4v) is 4.22. The highest BCUT2D eigenvalue weighted by atomic mass is 32.2. The van der Waals surface area contributed by atoms with Gasteiger partial charge in [-0.3, -0.25) is 4.79 Å². The Hall–Kier alpha value is -1.57. The number of carbonyl (C=O) groups is 1. The molecule has 0 saturated carbocycles. The third-order valence-corrected chi connectivity index (χ3v) is 5.67. The van der Waals surface area contributed by atoms with Gasteiger partial charge in [0.05, 0.1) is 0 Å². The number of benzene rings is 1. The van der Waals surface area contributed by atoms with Crippen LogP contribution in [-0.4, -0.2) is 40.0 Å². The summed E-state index contributed by atoms with van der Waals surface area (Å²) in [5.41, 5.74) is 1.90. The zero-order valence-electron chi connectivity index (χ0n) is 13.5. The molecule has 1 saturated heterocycles. The summed E-state index contributed by atoms with van der Waals surface area (Å²) in [6.45, 7) is 2.98. The molecule has 1 aliphatic heterocycles. The van der Waals surface area contributed by atoms with Crippen LogP contribution in [0.2, 0.25) is 0 Å². The van der Waals surface area contributed by atoms with Crippen LogP contribution in [0, 0.1) is 6.92 Å². The molecule has 5 nitrogen and oxygen atoms in total. The van der Waals surface area contributed by atoms with Crippen molar-refractivity contribution in [2.45, 2.75) is 29.4 Å². The summed E-state index contributed by atoms with van der Waals surface area (Å²) in [5, 5.41) is 7.12. The first kappa shape index (κ1) is 17.3. The van der Waals surface area contributed by atoms with Gasteiger partial charge < -0.3 is 10.6 Å². The van der Waals surface area contributed by atoms with E-state index in [0.29, 0.717) is 6.42 Å². The van der Waals surface area contributed by atoms with E-state index in [-0.39, 0.29) is 11.9 Å². The van der Waals surface area contributed by atoms with Crippen LogP contribution < -0.4 is 10.6 Å². The second-order valence-electron chi connectivity index (χ2n) is 5.59. The smallest absolute Gasteiger partial charge is 0.225 e. The maximum absolute atomic E-state index is 12.2. The molecular formula is C17H20N4OS2. The zero-order chi connectivity index (χ0) is 16.8. The highest BCUT2D eigenvalue weighted by Gasteiger charge is 2.17. The molecule has 7 heteroatoms. The van der Waals surface area contributed by atoms with E-state index in [4.69, 9.17) is 0 Å². The van der Waals surface area contributed by atoms with Crippen LogP contribution in [0.5, 0.6) is 0 Å². The van der Waals surface area contributed by atoms with Gasteiger partial charge in [-0.05, 0) is 48.5 Å². The normalized spacial score (nSPS) is 17.5. The van der Waals surface area contributed by atoms with Crippen molar-refractivity contribution in [3.63, 3.8) is 0 Å². The van der Waals surface area contributed by atoms with Crippen LogP contribution in [0.15, 0.2) is 46.7 Å². The first-order valence-corrected chi connectivity index (χ1v) is 9.84. The highest BCUT2D eigenvalue weighted by Crippen LogP contribution is 2.28. The van der Waals surface area contributed by atoms with Crippen LogP contribution in [0.25, 0.3) is 0 Å². The molecule has 3 rings (SSSR count). The van der Waals surface area contributed by atoms with Crippen molar-refractivity contribution in [2.24, 2.45) is 0 Å².